The van der Waals surface area contributed by atoms with E-state index in [1.54, 1.807) is 6.07 Å². The highest BCUT2D eigenvalue weighted by molar-refractivity contribution is 6.05. The van der Waals surface area contributed by atoms with Gasteiger partial charge in [-0.2, -0.15) is 0 Å². The zero-order valence-corrected chi connectivity index (χ0v) is 16.0. The highest BCUT2D eigenvalue weighted by Gasteiger charge is 2.42. The second-order valence-electron chi connectivity index (χ2n) is 7.91. The van der Waals surface area contributed by atoms with E-state index in [4.69, 9.17) is 0 Å². The normalized spacial score (nSPS) is 26.4. The lowest BCUT2D eigenvalue weighted by molar-refractivity contribution is -0.136. The van der Waals surface area contributed by atoms with Crippen molar-refractivity contribution in [2.24, 2.45) is 5.92 Å². The Morgan fingerprint density at radius 1 is 1.21 bits per heavy atom. The second-order valence-corrected chi connectivity index (χ2v) is 7.91. The molecule has 0 saturated carbocycles. The van der Waals surface area contributed by atoms with E-state index in [1.807, 2.05) is 12.1 Å². The Labute approximate surface area is 167 Å². The summed E-state index contributed by atoms with van der Waals surface area (Å²) in [6.07, 6.45) is 0.910. The molecule has 156 valence electrons. The van der Waals surface area contributed by atoms with Gasteiger partial charge in [-0.05, 0) is 30.5 Å². The van der Waals surface area contributed by atoms with E-state index in [9.17, 15) is 23.2 Å². The van der Waals surface area contributed by atoms with Crippen LogP contribution in [0.2, 0.25) is 0 Å². The maximum Gasteiger partial charge on any atom is 0.264 e. The van der Waals surface area contributed by atoms with Crippen molar-refractivity contribution < 1.29 is 23.2 Å². The zero-order valence-electron chi connectivity index (χ0n) is 16.0. The van der Waals surface area contributed by atoms with Gasteiger partial charge in [-0.25, -0.2) is 8.78 Å². The molecule has 1 aromatic rings. The van der Waals surface area contributed by atoms with Gasteiger partial charge >= 0.3 is 0 Å². The molecule has 2 saturated heterocycles. The standard InChI is InChI=1S/C20H24F2N4O3/c21-20(22)11-23-7-6-14(20)9-24-8-12-2-1-3-13-10-26(19(29)17(12)13)15-4-5-16(27)25-18(15)28/h1-3,14-15,23-24H,4-11H2,(H,25,27,28). The summed E-state index contributed by atoms with van der Waals surface area (Å²) in [5.74, 6) is -4.51. The van der Waals surface area contributed by atoms with E-state index in [0.29, 0.717) is 38.0 Å². The predicted molar refractivity (Wildman–Crippen MR) is 100 cm³/mol. The molecule has 9 heteroatoms. The third-order valence-electron chi connectivity index (χ3n) is 5.97. The first-order chi connectivity index (χ1) is 13.9. The first kappa shape index (κ1) is 19.9. The SMILES string of the molecule is O=C1CCC(N2Cc3cccc(CNCC4CCNCC4(F)F)c3C2=O)C(=O)N1. The number of amides is 3. The van der Waals surface area contributed by atoms with Crippen LogP contribution < -0.4 is 16.0 Å². The number of rotatable bonds is 5. The van der Waals surface area contributed by atoms with Gasteiger partial charge < -0.3 is 15.5 Å². The van der Waals surface area contributed by atoms with Crippen LogP contribution in [0.5, 0.6) is 0 Å². The summed E-state index contributed by atoms with van der Waals surface area (Å²) in [6.45, 7) is 1.05. The Morgan fingerprint density at radius 2 is 2.03 bits per heavy atom. The fraction of sp³-hybridized carbons (Fsp3) is 0.550. The number of nitrogens with one attached hydrogen (secondary N) is 3. The molecule has 4 rings (SSSR count). The molecule has 3 aliphatic heterocycles. The van der Waals surface area contributed by atoms with Crippen molar-refractivity contribution in [1.29, 1.82) is 0 Å². The molecule has 29 heavy (non-hydrogen) atoms. The third kappa shape index (κ3) is 3.89. The van der Waals surface area contributed by atoms with Gasteiger partial charge in [0.25, 0.3) is 11.8 Å². The van der Waals surface area contributed by atoms with Gasteiger partial charge in [0.2, 0.25) is 11.8 Å². The molecule has 2 atom stereocenters. The lowest BCUT2D eigenvalue weighted by Crippen LogP contribution is -2.52. The van der Waals surface area contributed by atoms with Gasteiger partial charge in [0.15, 0.2) is 0 Å². The Hall–Kier alpha value is -2.39. The van der Waals surface area contributed by atoms with Crippen molar-refractivity contribution >= 4 is 17.7 Å². The van der Waals surface area contributed by atoms with E-state index in [2.05, 4.69) is 16.0 Å². The molecule has 0 aliphatic carbocycles. The number of imide groups is 1. The summed E-state index contributed by atoms with van der Waals surface area (Å²) in [5, 5.41) is 8.08. The number of hydrogen-bond acceptors (Lipinski definition) is 5. The monoisotopic (exact) mass is 406 g/mol. The van der Waals surface area contributed by atoms with E-state index in [1.165, 1.54) is 4.90 Å². The first-order valence-electron chi connectivity index (χ1n) is 9.91. The number of benzene rings is 1. The summed E-state index contributed by atoms with van der Waals surface area (Å²) >= 11 is 0. The molecule has 0 radical (unpaired) electrons. The minimum Gasteiger partial charge on any atom is -0.322 e. The summed E-state index contributed by atoms with van der Waals surface area (Å²) in [5.41, 5.74) is 2.08. The van der Waals surface area contributed by atoms with Gasteiger partial charge in [0.05, 0.1) is 6.54 Å². The molecule has 2 fully saturated rings. The van der Waals surface area contributed by atoms with Crippen LogP contribution in [0.15, 0.2) is 18.2 Å². The molecular formula is C20H24F2N4O3. The molecule has 0 aromatic heterocycles. The van der Waals surface area contributed by atoms with Crippen molar-refractivity contribution in [3.8, 4) is 0 Å². The molecule has 0 spiro atoms. The Morgan fingerprint density at radius 3 is 2.79 bits per heavy atom. The van der Waals surface area contributed by atoms with Crippen LogP contribution in [-0.2, 0) is 22.7 Å². The number of hydrogen-bond donors (Lipinski definition) is 3. The number of alkyl halides is 2. The first-order valence-corrected chi connectivity index (χ1v) is 9.91. The Bertz CT molecular complexity index is 845. The fourth-order valence-corrected chi connectivity index (χ4v) is 4.36. The zero-order chi connectivity index (χ0) is 20.6. The van der Waals surface area contributed by atoms with E-state index in [0.717, 1.165) is 11.1 Å². The third-order valence-corrected chi connectivity index (χ3v) is 5.97. The van der Waals surface area contributed by atoms with Crippen molar-refractivity contribution in [1.82, 2.24) is 20.9 Å². The number of carbonyl (C=O) groups is 3. The van der Waals surface area contributed by atoms with E-state index < -0.39 is 23.8 Å². The van der Waals surface area contributed by atoms with Crippen LogP contribution in [0, 0.1) is 5.92 Å². The number of halogens is 2. The highest BCUT2D eigenvalue weighted by atomic mass is 19.3. The van der Waals surface area contributed by atoms with Gasteiger partial charge in [-0.1, -0.05) is 18.2 Å². The van der Waals surface area contributed by atoms with Gasteiger partial charge in [0, 0.05) is 37.5 Å². The topological polar surface area (TPSA) is 90.5 Å². The number of fused-ring (bicyclic) bond motifs is 1. The van der Waals surface area contributed by atoms with Crippen LogP contribution in [0.1, 0.15) is 40.7 Å². The average Bonchev–Trinajstić information content (AvgIpc) is 3.00. The quantitative estimate of drug-likeness (QED) is 0.629. The van der Waals surface area contributed by atoms with Gasteiger partial charge in [-0.3, -0.25) is 19.7 Å². The molecule has 3 N–H and O–H groups in total. The van der Waals surface area contributed by atoms with E-state index in [-0.39, 0.29) is 31.3 Å². The van der Waals surface area contributed by atoms with Crippen LogP contribution in [-0.4, -0.2) is 54.2 Å². The van der Waals surface area contributed by atoms with Crippen LogP contribution in [0.4, 0.5) is 8.78 Å². The number of piperidine rings is 2. The Balaban J connectivity index is 1.43. The minimum atomic E-state index is -2.75. The molecule has 3 heterocycles. The van der Waals surface area contributed by atoms with Crippen molar-refractivity contribution in [3.63, 3.8) is 0 Å². The number of nitrogens with zero attached hydrogens (tertiary/aromatic N) is 1. The Kier molecular flexibility index (Phi) is 5.35. The predicted octanol–water partition coefficient (Wildman–Crippen LogP) is 0.782. The fourth-order valence-electron chi connectivity index (χ4n) is 4.36. The van der Waals surface area contributed by atoms with Crippen molar-refractivity contribution in [2.45, 2.75) is 44.3 Å². The molecule has 7 nitrogen and oxygen atoms in total. The summed E-state index contributed by atoms with van der Waals surface area (Å²) in [7, 11) is 0. The van der Waals surface area contributed by atoms with Gasteiger partial charge in [-0.15, -0.1) is 0 Å². The maximum atomic E-state index is 14.0. The molecular weight excluding hydrogens is 382 g/mol. The molecule has 3 aliphatic rings. The average molecular weight is 406 g/mol. The summed E-state index contributed by atoms with van der Waals surface area (Å²) in [4.78, 5) is 38.1. The molecule has 1 aromatic carbocycles. The summed E-state index contributed by atoms with van der Waals surface area (Å²) < 4.78 is 27.9. The lowest BCUT2D eigenvalue weighted by Gasteiger charge is -2.32. The van der Waals surface area contributed by atoms with Crippen molar-refractivity contribution in [2.75, 3.05) is 19.6 Å². The maximum absolute atomic E-state index is 14.0. The largest absolute Gasteiger partial charge is 0.322 e. The van der Waals surface area contributed by atoms with E-state index >= 15 is 0 Å². The smallest absolute Gasteiger partial charge is 0.264 e. The van der Waals surface area contributed by atoms with Crippen LogP contribution >= 0.6 is 0 Å². The van der Waals surface area contributed by atoms with Crippen LogP contribution in [0.25, 0.3) is 0 Å². The summed E-state index contributed by atoms with van der Waals surface area (Å²) in [6, 6.07) is 4.81. The second kappa shape index (κ2) is 7.79. The lowest BCUT2D eigenvalue weighted by atomic mass is 9.94. The highest BCUT2D eigenvalue weighted by Crippen LogP contribution is 2.31. The number of carbonyl (C=O) groups excluding carboxylic acids is 3. The van der Waals surface area contributed by atoms with Crippen molar-refractivity contribution in [3.05, 3.63) is 34.9 Å². The van der Waals surface area contributed by atoms with Crippen LogP contribution in [0.3, 0.4) is 0 Å². The molecule has 0 bridgehead atoms. The minimum absolute atomic E-state index is 0.170. The van der Waals surface area contributed by atoms with Gasteiger partial charge in [0.1, 0.15) is 6.04 Å². The molecule has 3 amide bonds. The molecule has 2 unspecified atom stereocenters.